The predicted molar refractivity (Wildman–Crippen MR) is 242 cm³/mol. The highest BCUT2D eigenvalue weighted by Gasteiger charge is 2.31. The Bertz CT molecular complexity index is 2000. The second kappa shape index (κ2) is 29.7. The molecule has 22 nitrogen and oxygen atoms in total. The standard InChI is InChI=1S/C46H64N8O14/c1-3-51(13-17-65-31-37-29-53(49-47-37)15-19-61-21-23-63-25-27-67-33-41(55)56)39-9-5-35(6-10-39)43-45(59)44(46(43)60)36-7-11-40(12-8-36)52(4-2)14-18-66-32-38-30-54(50-48-38)16-20-62-22-24-64-26-28-68-34-42(57)58/h5-12,29-30,59-60H,3-4,13-28,31-34H2,1-2H3,(H,55,56)(H,57,58)/p-2. The van der Waals surface area contributed by atoms with Gasteiger partial charge in [0.1, 0.15) is 22.9 Å². The summed E-state index contributed by atoms with van der Waals surface area (Å²) in [6.45, 7) is 11.8. The van der Waals surface area contributed by atoms with Gasteiger partial charge < -0.3 is 77.7 Å². The zero-order valence-electron chi connectivity index (χ0n) is 38.7. The van der Waals surface area contributed by atoms with E-state index in [1.54, 1.807) is 9.36 Å². The van der Waals surface area contributed by atoms with Gasteiger partial charge in [-0.2, -0.15) is 0 Å². The van der Waals surface area contributed by atoms with E-state index >= 15 is 0 Å². The molecule has 5 rings (SSSR count). The van der Waals surface area contributed by atoms with E-state index < -0.39 is 25.2 Å². The number of carboxylic acid groups (broad SMARTS) is 2. The summed E-state index contributed by atoms with van der Waals surface area (Å²) in [4.78, 5) is 25.0. The lowest BCUT2D eigenvalue weighted by molar-refractivity contribution is -0.311. The van der Waals surface area contributed by atoms with Crippen LogP contribution in [-0.2, 0) is 73.8 Å². The van der Waals surface area contributed by atoms with E-state index in [9.17, 15) is 30.0 Å². The highest BCUT2D eigenvalue weighted by atomic mass is 16.6. The van der Waals surface area contributed by atoms with E-state index in [0.29, 0.717) is 126 Å². The first-order valence-electron chi connectivity index (χ1n) is 22.5. The molecule has 0 bridgehead atoms. The molecular formula is C46H62N8O14-2. The minimum atomic E-state index is -1.26. The maximum Gasteiger partial charge on any atom is 0.138 e. The van der Waals surface area contributed by atoms with Gasteiger partial charge in [-0.05, 0) is 49.2 Å². The summed E-state index contributed by atoms with van der Waals surface area (Å²) in [6.07, 6.45) is 3.63. The Balaban J connectivity index is 0.956. The molecule has 1 aliphatic carbocycles. The molecule has 0 unspecified atom stereocenters. The Morgan fingerprint density at radius 1 is 0.515 bits per heavy atom. The van der Waals surface area contributed by atoms with Crippen LogP contribution in [0.3, 0.4) is 0 Å². The zero-order chi connectivity index (χ0) is 48.4. The summed E-state index contributed by atoms with van der Waals surface area (Å²) >= 11 is 0. The number of aliphatic carboxylic acids is 2. The van der Waals surface area contributed by atoms with Crippen LogP contribution in [0.15, 0.2) is 72.4 Å². The van der Waals surface area contributed by atoms with Crippen molar-refractivity contribution in [1.82, 2.24) is 30.0 Å². The van der Waals surface area contributed by atoms with Gasteiger partial charge in [0, 0.05) is 37.6 Å². The van der Waals surface area contributed by atoms with Crippen LogP contribution in [0.25, 0.3) is 11.1 Å². The molecule has 2 heterocycles. The molecule has 0 saturated carbocycles. The van der Waals surface area contributed by atoms with Gasteiger partial charge in [0.25, 0.3) is 0 Å². The average molecular weight is 951 g/mol. The number of hydrogen-bond donors (Lipinski definition) is 2. The highest BCUT2D eigenvalue weighted by Crippen LogP contribution is 2.45. The molecular weight excluding hydrogens is 889 g/mol. The molecule has 0 aliphatic heterocycles. The fraction of sp³-hybridized carbons (Fsp3) is 0.522. The fourth-order valence-electron chi connectivity index (χ4n) is 6.81. The summed E-state index contributed by atoms with van der Waals surface area (Å²) in [5.41, 5.74) is 5.61. The van der Waals surface area contributed by atoms with Crippen molar-refractivity contribution in [3.05, 3.63) is 95.0 Å². The van der Waals surface area contributed by atoms with Crippen molar-refractivity contribution in [3.8, 4) is 0 Å². The molecule has 0 saturated heterocycles. The Labute approximate surface area is 395 Å². The molecule has 0 spiro atoms. The average Bonchev–Trinajstić information content (AvgIpc) is 4.00. The number of carbonyl (C=O) groups is 2. The highest BCUT2D eigenvalue weighted by molar-refractivity contribution is 6.06. The molecule has 2 N–H and O–H groups in total. The number of ether oxygens (including phenoxy) is 8. The van der Waals surface area contributed by atoms with Crippen molar-refractivity contribution in [2.75, 3.05) is 128 Å². The second-order valence-corrected chi connectivity index (χ2v) is 15.1. The molecule has 0 amide bonds. The first kappa shape index (κ1) is 53.0. The van der Waals surface area contributed by atoms with Gasteiger partial charge in [-0.15, -0.1) is 10.2 Å². The maximum absolute atomic E-state index is 11.1. The Kier molecular flexibility index (Phi) is 23.1. The number of rotatable bonds is 38. The molecule has 372 valence electrons. The molecule has 22 heteroatoms. The van der Waals surface area contributed by atoms with Gasteiger partial charge in [0.05, 0.1) is 154 Å². The summed E-state index contributed by atoms with van der Waals surface area (Å²) < 4.78 is 46.6. The van der Waals surface area contributed by atoms with Crippen molar-refractivity contribution >= 4 is 34.5 Å². The smallest absolute Gasteiger partial charge is 0.138 e. The van der Waals surface area contributed by atoms with E-state index in [1.165, 1.54) is 0 Å². The molecule has 0 radical (unpaired) electrons. The van der Waals surface area contributed by atoms with Crippen LogP contribution < -0.4 is 20.0 Å². The number of aliphatic hydroxyl groups is 2. The van der Waals surface area contributed by atoms with Crippen molar-refractivity contribution in [2.24, 2.45) is 0 Å². The van der Waals surface area contributed by atoms with Crippen LogP contribution in [-0.4, -0.2) is 171 Å². The zero-order valence-corrected chi connectivity index (χ0v) is 38.7. The second-order valence-electron chi connectivity index (χ2n) is 15.1. The quantitative estimate of drug-likeness (QED) is 0.0589. The Morgan fingerprint density at radius 3 is 1.22 bits per heavy atom. The first-order chi connectivity index (χ1) is 33.2. The lowest BCUT2D eigenvalue weighted by Gasteiger charge is -2.27. The number of allylic oxidation sites excluding steroid dienone is 2. The van der Waals surface area contributed by atoms with Gasteiger partial charge in [0.2, 0.25) is 0 Å². The van der Waals surface area contributed by atoms with Crippen LogP contribution >= 0.6 is 0 Å². The summed E-state index contributed by atoms with van der Waals surface area (Å²) in [5, 5.41) is 59.5. The predicted octanol–water partition coefficient (Wildman–Crippen LogP) is 0.807. The van der Waals surface area contributed by atoms with Crippen LogP contribution in [0.5, 0.6) is 0 Å². The van der Waals surface area contributed by atoms with Crippen molar-refractivity contribution < 1.29 is 67.9 Å². The topological polar surface area (TPSA) is 262 Å². The number of hydrogen-bond acceptors (Lipinski definition) is 20. The minimum Gasteiger partial charge on any atom is -0.548 e. The van der Waals surface area contributed by atoms with Crippen LogP contribution in [0.2, 0.25) is 0 Å². The van der Waals surface area contributed by atoms with E-state index in [2.05, 4.69) is 44.3 Å². The van der Waals surface area contributed by atoms with Crippen LogP contribution in [0, 0.1) is 0 Å². The normalized spacial score (nSPS) is 12.5. The monoisotopic (exact) mass is 950 g/mol. The molecule has 1 aliphatic rings. The number of nitrogens with zero attached hydrogens (tertiary/aromatic N) is 8. The number of carboxylic acids is 2. The fourth-order valence-corrected chi connectivity index (χ4v) is 6.81. The SMILES string of the molecule is CCN(CCOCc1cn(CCOCCOCCOCC(=O)[O-])nn1)c1ccc(C2=C(O)C(c3ccc(N(CC)CCOCc4cn(CCOCCOCCOCC(=O)[O-])nn4)cc3)=C2O)cc1. The van der Waals surface area contributed by atoms with Gasteiger partial charge in [-0.1, -0.05) is 34.7 Å². The van der Waals surface area contributed by atoms with Crippen molar-refractivity contribution in [3.63, 3.8) is 0 Å². The molecule has 4 aromatic rings. The number of aliphatic hydroxyl groups excluding tert-OH is 2. The van der Waals surface area contributed by atoms with E-state index in [-0.39, 0.29) is 37.9 Å². The minimum absolute atomic E-state index is 0.0443. The summed E-state index contributed by atoms with van der Waals surface area (Å²) in [7, 11) is 0. The summed E-state index contributed by atoms with van der Waals surface area (Å²) in [5.74, 6) is -2.44. The lowest BCUT2D eigenvalue weighted by Crippen LogP contribution is -2.28. The van der Waals surface area contributed by atoms with Gasteiger partial charge >= 0.3 is 0 Å². The maximum atomic E-state index is 11.1. The van der Waals surface area contributed by atoms with Crippen LogP contribution in [0.1, 0.15) is 36.4 Å². The Hall–Kier alpha value is -5.98. The van der Waals surface area contributed by atoms with Crippen LogP contribution in [0.4, 0.5) is 11.4 Å². The largest absolute Gasteiger partial charge is 0.548 e. The third-order valence-electron chi connectivity index (χ3n) is 10.3. The van der Waals surface area contributed by atoms with Gasteiger partial charge in [0.15, 0.2) is 0 Å². The molecule has 0 atom stereocenters. The molecule has 0 fully saturated rings. The van der Waals surface area contributed by atoms with E-state index in [4.69, 9.17) is 37.9 Å². The number of anilines is 2. The Morgan fingerprint density at radius 2 is 0.868 bits per heavy atom. The van der Waals surface area contributed by atoms with Crippen molar-refractivity contribution in [1.29, 1.82) is 0 Å². The van der Waals surface area contributed by atoms with Gasteiger partial charge in [-0.3, -0.25) is 0 Å². The summed E-state index contributed by atoms with van der Waals surface area (Å²) in [6, 6.07) is 15.4. The number of benzene rings is 2. The third kappa shape index (κ3) is 17.9. The lowest BCUT2D eigenvalue weighted by atomic mass is 9.84. The number of likely N-dealkylation sites (N-methyl/N-ethyl adjacent to an activating group) is 2. The van der Waals surface area contributed by atoms with E-state index in [0.717, 1.165) is 24.5 Å². The first-order valence-corrected chi connectivity index (χ1v) is 22.5. The van der Waals surface area contributed by atoms with Crippen molar-refractivity contribution in [2.45, 2.75) is 40.2 Å². The molecule has 2 aromatic heterocycles. The number of aromatic nitrogens is 6. The molecule has 2 aromatic carbocycles. The van der Waals surface area contributed by atoms with Gasteiger partial charge in [-0.25, -0.2) is 9.36 Å². The third-order valence-corrected chi connectivity index (χ3v) is 10.3. The number of carbonyl (C=O) groups excluding carboxylic acids is 2. The molecule has 68 heavy (non-hydrogen) atoms. The van der Waals surface area contributed by atoms with E-state index in [1.807, 2.05) is 60.9 Å².